The number of anilines is 2. The lowest BCUT2D eigenvalue weighted by Crippen LogP contribution is -2.49. The van der Waals surface area contributed by atoms with Crippen molar-refractivity contribution in [3.63, 3.8) is 0 Å². The van der Waals surface area contributed by atoms with Crippen LogP contribution in [-0.4, -0.2) is 50.6 Å². The molecule has 0 aliphatic carbocycles. The Kier molecular flexibility index (Phi) is 6.80. The summed E-state index contributed by atoms with van der Waals surface area (Å²) in [5.74, 6) is 1.63. The van der Waals surface area contributed by atoms with Gasteiger partial charge in [-0.1, -0.05) is 38.1 Å². The minimum atomic E-state index is 0.214. The molecule has 1 aliphatic heterocycles. The number of hydrogen-bond acceptors (Lipinski definition) is 4. The molecule has 2 aromatic carbocycles. The molecule has 0 radical (unpaired) electrons. The summed E-state index contributed by atoms with van der Waals surface area (Å²) in [6.07, 6.45) is 0.514. The SMILES string of the molecule is COc1ccccc1N1CCN(C(=O)CCNc2ccc(C(C)C)cc2)CC1. The summed E-state index contributed by atoms with van der Waals surface area (Å²) >= 11 is 0. The Labute approximate surface area is 168 Å². The van der Waals surface area contributed by atoms with Crippen LogP contribution in [0.3, 0.4) is 0 Å². The normalized spacial score (nSPS) is 14.3. The molecule has 28 heavy (non-hydrogen) atoms. The summed E-state index contributed by atoms with van der Waals surface area (Å²) in [7, 11) is 1.70. The molecule has 0 unspecified atom stereocenters. The van der Waals surface area contributed by atoms with Crippen LogP contribution in [0.15, 0.2) is 48.5 Å². The zero-order valence-electron chi connectivity index (χ0n) is 17.1. The molecule has 2 aromatic rings. The van der Waals surface area contributed by atoms with E-state index in [4.69, 9.17) is 4.74 Å². The third kappa shape index (κ3) is 4.97. The van der Waals surface area contributed by atoms with Crippen molar-refractivity contribution in [1.29, 1.82) is 0 Å². The van der Waals surface area contributed by atoms with E-state index in [0.29, 0.717) is 18.9 Å². The number of piperazine rings is 1. The number of carbonyl (C=O) groups excluding carboxylic acids is 1. The molecule has 150 valence electrons. The Hall–Kier alpha value is -2.69. The van der Waals surface area contributed by atoms with Crippen molar-refractivity contribution in [2.45, 2.75) is 26.2 Å². The summed E-state index contributed by atoms with van der Waals surface area (Å²) < 4.78 is 5.46. The van der Waals surface area contributed by atoms with Gasteiger partial charge in [0.05, 0.1) is 12.8 Å². The fraction of sp³-hybridized carbons (Fsp3) is 0.435. The molecule has 1 aliphatic rings. The third-order valence-corrected chi connectivity index (χ3v) is 5.30. The van der Waals surface area contributed by atoms with E-state index in [2.05, 4.69) is 54.4 Å². The maximum atomic E-state index is 12.5. The van der Waals surface area contributed by atoms with Crippen LogP contribution < -0.4 is 15.0 Å². The van der Waals surface area contributed by atoms with Crippen LogP contribution in [0.5, 0.6) is 5.75 Å². The van der Waals surface area contributed by atoms with E-state index in [1.165, 1.54) is 5.56 Å². The smallest absolute Gasteiger partial charge is 0.224 e. The van der Waals surface area contributed by atoms with Gasteiger partial charge in [-0.2, -0.15) is 0 Å². The second-order valence-electron chi connectivity index (χ2n) is 7.49. The molecule has 1 amide bonds. The number of nitrogens with one attached hydrogen (secondary N) is 1. The fourth-order valence-corrected chi connectivity index (χ4v) is 3.55. The van der Waals surface area contributed by atoms with E-state index in [1.54, 1.807) is 7.11 Å². The lowest BCUT2D eigenvalue weighted by Gasteiger charge is -2.36. The van der Waals surface area contributed by atoms with Crippen LogP contribution in [-0.2, 0) is 4.79 Å². The maximum absolute atomic E-state index is 12.5. The number of rotatable bonds is 7. The Morgan fingerprint density at radius 1 is 1.04 bits per heavy atom. The molecule has 0 bridgehead atoms. The fourth-order valence-electron chi connectivity index (χ4n) is 3.55. The van der Waals surface area contributed by atoms with Crippen LogP contribution in [0.25, 0.3) is 0 Å². The quantitative estimate of drug-likeness (QED) is 0.788. The molecule has 5 heteroatoms. The molecule has 3 rings (SSSR count). The predicted octanol–water partition coefficient (Wildman–Crippen LogP) is 3.97. The summed E-state index contributed by atoms with van der Waals surface area (Å²) in [5.41, 5.74) is 3.50. The molecule has 0 spiro atoms. The standard InChI is InChI=1S/C23H31N3O2/c1-18(2)19-8-10-20(11-9-19)24-13-12-23(27)26-16-14-25(15-17-26)21-6-4-5-7-22(21)28-3/h4-11,18,24H,12-17H2,1-3H3. The molecular weight excluding hydrogens is 350 g/mol. The van der Waals surface area contributed by atoms with Gasteiger partial charge in [-0.15, -0.1) is 0 Å². The van der Waals surface area contributed by atoms with E-state index in [9.17, 15) is 4.79 Å². The summed E-state index contributed by atoms with van der Waals surface area (Å²) in [6, 6.07) is 16.5. The number of carbonyl (C=O) groups is 1. The first kappa shape index (κ1) is 20.1. The van der Waals surface area contributed by atoms with Crippen LogP contribution in [0.2, 0.25) is 0 Å². The van der Waals surface area contributed by atoms with Gasteiger partial charge < -0.3 is 19.9 Å². The number of amides is 1. The minimum Gasteiger partial charge on any atom is -0.495 e. The molecule has 1 saturated heterocycles. The second-order valence-corrected chi connectivity index (χ2v) is 7.49. The van der Waals surface area contributed by atoms with Crippen molar-refractivity contribution in [3.8, 4) is 5.75 Å². The molecule has 0 atom stereocenters. The van der Waals surface area contributed by atoms with Crippen LogP contribution >= 0.6 is 0 Å². The van der Waals surface area contributed by atoms with Gasteiger partial charge in [0.1, 0.15) is 5.75 Å². The zero-order chi connectivity index (χ0) is 19.9. The summed E-state index contributed by atoms with van der Waals surface area (Å²) in [5, 5.41) is 3.36. The number of benzene rings is 2. The Morgan fingerprint density at radius 3 is 2.36 bits per heavy atom. The van der Waals surface area contributed by atoms with Crippen LogP contribution in [0, 0.1) is 0 Å². The molecule has 5 nitrogen and oxygen atoms in total. The zero-order valence-corrected chi connectivity index (χ0v) is 17.1. The highest BCUT2D eigenvalue weighted by Crippen LogP contribution is 2.28. The minimum absolute atomic E-state index is 0.214. The summed E-state index contributed by atoms with van der Waals surface area (Å²) in [6.45, 7) is 8.20. The van der Waals surface area contributed by atoms with Crippen LogP contribution in [0.4, 0.5) is 11.4 Å². The monoisotopic (exact) mass is 381 g/mol. The van der Waals surface area contributed by atoms with Gasteiger partial charge in [-0.05, 0) is 35.7 Å². The van der Waals surface area contributed by atoms with Gasteiger partial charge in [0.15, 0.2) is 0 Å². The molecule has 1 heterocycles. The van der Waals surface area contributed by atoms with Crippen molar-refractivity contribution < 1.29 is 9.53 Å². The van der Waals surface area contributed by atoms with E-state index < -0.39 is 0 Å². The van der Waals surface area contributed by atoms with Crippen molar-refractivity contribution in [2.75, 3.05) is 50.1 Å². The highest BCUT2D eigenvalue weighted by atomic mass is 16.5. The van der Waals surface area contributed by atoms with Crippen molar-refractivity contribution in [3.05, 3.63) is 54.1 Å². The highest BCUT2D eigenvalue weighted by Gasteiger charge is 2.22. The predicted molar refractivity (Wildman–Crippen MR) is 115 cm³/mol. The van der Waals surface area contributed by atoms with Gasteiger partial charge in [0.2, 0.25) is 5.91 Å². The Balaban J connectivity index is 1.44. The third-order valence-electron chi connectivity index (χ3n) is 5.30. The number of nitrogens with zero attached hydrogens (tertiary/aromatic N) is 2. The maximum Gasteiger partial charge on any atom is 0.224 e. The first-order chi connectivity index (χ1) is 13.6. The first-order valence-corrected chi connectivity index (χ1v) is 10.1. The number of methoxy groups -OCH3 is 1. The molecule has 0 saturated carbocycles. The Morgan fingerprint density at radius 2 is 1.71 bits per heavy atom. The second kappa shape index (κ2) is 9.49. The lowest BCUT2D eigenvalue weighted by atomic mass is 10.0. The van der Waals surface area contributed by atoms with Gasteiger partial charge in [-0.3, -0.25) is 4.79 Å². The topological polar surface area (TPSA) is 44.8 Å². The molecule has 0 aromatic heterocycles. The van der Waals surface area contributed by atoms with Crippen molar-refractivity contribution >= 4 is 17.3 Å². The molecule has 1 N–H and O–H groups in total. The average Bonchev–Trinajstić information content (AvgIpc) is 2.74. The number of hydrogen-bond donors (Lipinski definition) is 1. The summed E-state index contributed by atoms with van der Waals surface area (Å²) in [4.78, 5) is 16.8. The molecule has 1 fully saturated rings. The molecular formula is C23H31N3O2. The van der Waals surface area contributed by atoms with E-state index >= 15 is 0 Å². The average molecular weight is 382 g/mol. The van der Waals surface area contributed by atoms with Crippen molar-refractivity contribution in [1.82, 2.24) is 4.90 Å². The van der Waals surface area contributed by atoms with E-state index in [0.717, 1.165) is 43.3 Å². The van der Waals surface area contributed by atoms with Gasteiger partial charge >= 0.3 is 0 Å². The van der Waals surface area contributed by atoms with E-state index in [-0.39, 0.29) is 5.91 Å². The van der Waals surface area contributed by atoms with Gasteiger partial charge in [0, 0.05) is 44.8 Å². The van der Waals surface area contributed by atoms with Gasteiger partial charge in [0.25, 0.3) is 0 Å². The van der Waals surface area contributed by atoms with Gasteiger partial charge in [-0.25, -0.2) is 0 Å². The van der Waals surface area contributed by atoms with E-state index in [1.807, 2.05) is 23.1 Å². The highest BCUT2D eigenvalue weighted by molar-refractivity contribution is 5.77. The Bertz CT molecular complexity index is 766. The number of para-hydroxylation sites is 2. The van der Waals surface area contributed by atoms with Crippen LogP contribution in [0.1, 0.15) is 31.7 Å². The lowest BCUT2D eigenvalue weighted by molar-refractivity contribution is -0.131. The largest absolute Gasteiger partial charge is 0.495 e. The first-order valence-electron chi connectivity index (χ1n) is 10.1. The van der Waals surface area contributed by atoms with Crippen molar-refractivity contribution in [2.24, 2.45) is 0 Å². The number of ether oxygens (including phenoxy) is 1.